The lowest BCUT2D eigenvalue weighted by Gasteiger charge is -2.37. The second-order valence-electron chi connectivity index (χ2n) is 8.83. The monoisotopic (exact) mass is 467 g/mol. The minimum absolute atomic E-state index is 0.0631. The topological polar surface area (TPSA) is 53.5 Å². The van der Waals surface area contributed by atoms with E-state index in [4.69, 9.17) is 0 Å². The summed E-state index contributed by atoms with van der Waals surface area (Å²) in [6.45, 7) is 1.95. The Labute approximate surface area is 205 Å². The van der Waals surface area contributed by atoms with Gasteiger partial charge in [-0.25, -0.2) is 5.43 Å². The molecule has 0 bridgehead atoms. The van der Waals surface area contributed by atoms with Gasteiger partial charge in [0, 0.05) is 28.7 Å². The SMILES string of the molecule is C/C(=N/NC(=O)CCSc1ccccc1)c1ccc2c(c1)[C@@H]1C=CC[C@@H]1[C@H](c1ccccc1)N2. The Morgan fingerprint density at radius 3 is 2.62 bits per heavy atom. The van der Waals surface area contributed by atoms with Crippen molar-refractivity contribution in [1.29, 1.82) is 0 Å². The van der Waals surface area contributed by atoms with E-state index in [1.165, 1.54) is 21.7 Å². The van der Waals surface area contributed by atoms with E-state index in [2.05, 4.69) is 88.7 Å². The predicted molar refractivity (Wildman–Crippen MR) is 141 cm³/mol. The number of hydrazone groups is 1. The van der Waals surface area contributed by atoms with Gasteiger partial charge in [-0.3, -0.25) is 4.79 Å². The van der Waals surface area contributed by atoms with Crippen LogP contribution < -0.4 is 10.7 Å². The van der Waals surface area contributed by atoms with Crippen molar-refractivity contribution in [3.63, 3.8) is 0 Å². The second kappa shape index (κ2) is 10.3. The third-order valence-corrected chi connectivity index (χ3v) is 7.64. The average molecular weight is 468 g/mol. The molecule has 2 aliphatic rings. The molecule has 5 heteroatoms. The molecule has 0 spiro atoms. The molecule has 0 unspecified atom stereocenters. The molecular weight excluding hydrogens is 438 g/mol. The van der Waals surface area contributed by atoms with Crippen molar-refractivity contribution in [1.82, 2.24) is 5.43 Å². The van der Waals surface area contributed by atoms with E-state index >= 15 is 0 Å². The summed E-state index contributed by atoms with van der Waals surface area (Å²) >= 11 is 1.68. The molecule has 1 amide bonds. The van der Waals surface area contributed by atoms with Gasteiger partial charge in [0.05, 0.1) is 11.8 Å². The van der Waals surface area contributed by atoms with E-state index in [-0.39, 0.29) is 5.91 Å². The first-order valence-corrected chi connectivity index (χ1v) is 12.8. The normalized spacial score (nSPS) is 20.9. The molecule has 3 aromatic rings. The summed E-state index contributed by atoms with van der Waals surface area (Å²) in [5.74, 6) is 1.56. The molecule has 1 aliphatic carbocycles. The van der Waals surface area contributed by atoms with Gasteiger partial charge in [-0.05, 0) is 60.2 Å². The third-order valence-electron chi connectivity index (χ3n) is 6.63. The first kappa shape index (κ1) is 22.5. The molecule has 2 N–H and O–H groups in total. The maximum atomic E-state index is 12.3. The summed E-state index contributed by atoms with van der Waals surface area (Å²) < 4.78 is 0. The van der Waals surface area contributed by atoms with Crippen LogP contribution in [0.25, 0.3) is 0 Å². The largest absolute Gasteiger partial charge is 0.378 e. The first-order valence-electron chi connectivity index (χ1n) is 11.8. The Kier molecular flexibility index (Phi) is 6.82. The number of benzene rings is 3. The standard InChI is InChI=1S/C29H29N3OS/c1-20(31-32-28(33)17-18-34-23-11-6-3-7-12-23)22-15-16-27-26(19-22)24-13-8-14-25(24)29(30-27)21-9-4-2-5-10-21/h2-13,15-16,19,24-25,29-30H,14,17-18H2,1H3,(H,32,33)/b31-20-/t24-,25+,29+/m1/s1. The molecule has 0 radical (unpaired) electrons. The van der Waals surface area contributed by atoms with E-state index < -0.39 is 0 Å². The lowest BCUT2D eigenvalue weighted by Crippen LogP contribution is -2.29. The summed E-state index contributed by atoms with van der Waals surface area (Å²) in [5.41, 5.74) is 8.41. The van der Waals surface area contributed by atoms with Crippen LogP contribution >= 0.6 is 11.8 Å². The molecule has 34 heavy (non-hydrogen) atoms. The highest BCUT2D eigenvalue weighted by Gasteiger charge is 2.37. The van der Waals surface area contributed by atoms with Gasteiger partial charge in [-0.1, -0.05) is 66.7 Å². The number of hydrogen-bond acceptors (Lipinski definition) is 4. The molecule has 1 aliphatic heterocycles. The van der Waals surface area contributed by atoms with E-state index in [9.17, 15) is 4.79 Å². The van der Waals surface area contributed by atoms with Crippen LogP contribution in [0.1, 0.15) is 48.4 Å². The van der Waals surface area contributed by atoms with Gasteiger partial charge in [0.1, 0.15) is 0 Å². The molecule has 0 saturated heterocycles. The van der Waals surface area contributed by atoms with Gasteiger partial charge < -0.3 is 5.32 Å². The molecule has 0 saturated carbocycles. The fourth-order valence-electron chi connectivity index (χ4n) is 4.85. The minimum Gasteiger partial charge on any atom is -0.378 e. The maximum Gasteiger partial charge on any atom is 0.240 e. The summed E-state index contributed by atoms with van der Waals surface area (Å²) in [7, 11) is 0. The number of fused-ring (bicyclic) bond motifs is 3. The highest BCUT2D eigenvalue weighted by molar-refractivity contribution is 7.99. The van der Waals surface area contributed by atoms with Gasteiger partial charge >= 0.3 is 0 Å². The molecule has 0 fully saturated rings. The molecule has 172 valence electrons. The van der Waals surface area contributed by atoms with Crippen LogP contribution in [0.5, 0.6) is 0 Å². The maximum absolute atomic E-state index is 12.3. The molecule has 1 heterocycles. The van der Waals surface area contributed by atoms with Crippen LogP contribution in [0.2, 0.25) is 0 Å². The molecule has 4 nitrogen and oxygen atoms in total. The Hall–Kier alpha value is -3.31. The Morgan fingerprint density at radius 2 is 1.82 bits per heavy atom. The number of anilines is 1. The number of carbonyl (C=O) groups excluding carboxylic acids is 1. The van der Waals surface area contributed by atoms with Gasteiger partial charge in [0.2, 0.25) is 5.91 Å². The van der Waals surface area contributed by atoms with Gasteiger partial charge in [0.25, 0.3) is 0 Å². The summed E-state index contributed by atoms with van der Waals surface area (Å²) in [6.07, 6.45) is 6.16. The molecule has 3 atom stereocenters. The van der Waals surface area contributed by atoms with E-state index in [1.54, 1.807) is 11.8 Å². The van der Waals surface area contributed by atoms with E-state index in [0.717, 1.165) is 23.4 Å². The van der Waals surface area contributed by atoms with Crippen LogP contribution in [0.4, 0.5) is 5.69 Å². The summed E-state index contributed by atoms with van der Waals surface area (Å²) in [5, 5.41) is 8.17. The van der Waals surface area contributed by atoms with Crippen molar-refractivity contribution in [2.24, 2.45) is 11.0 Å². The average Bonchev–Trinajstić information content (AvgIpc) is 3.38. The van der Waals surface area contributed by atoms with Crippen molar-refractivity contribution >= 4 is 29.1 Å². The fraction of sp³-hybridized carbons (Fsp3) is 0.241. The second-order valence-corrected chi connectivity index (χ2v) is 10.0. The Bertz CT molecular complexity index is 1210. The molecule has 3 aromatic carbocycles. The van der Waals surface area contributed by atoms with Crippen molar-refractivity contribution in [3.8, 4) is 0 Å². The Balaban J connectivity index is 1.25. The highest BCUT2D eigenvalue weighted by atomic mass is 32.2. The number of hydrogen-bond donors (Lipinski definition) is 2. The molecular formula is C29H29N3OS. The number of thioether (sulfide) groups is 1. The summed E-state index contributed by atoms with van der Waals surface area (Å²) in [4.78, 5) is 13.4. The van der Waals surface area contributed by atoms with Crippen LogP contribution in [-0.2, 0) is 4.79 Å². The van der Waals surface area contributed by atoms with Gasteiger partial charge in [-0.2, -0.15) is 5.10 Å². The minimum atomic E-state index is -0.0631. The zero-order valence-electron chi connectivity index (χ0n) is 19.3. The smallest absolute Gasteiger partial charge is 0.240 e. The highest BCUT2D eigenvalue weighted by Crippen LogP contribution is 2.49. The summed E-state index contributed by atoms with van der Waals surface area (Å²) in [6, 6.07) is 27.6. The Morgan fingerprint density at radius 1 is 1.06 bits per heavy atom. The first-order chi connectivity index (χ1) is 16.7. The van der Waals surface area contributed by atoms with Crippen LogP contribution in [0, 0.1) is 5.92 Å². The zero-order valence-corrected chi connectivity index (χ0v) is 20.1. The van der Waals surface area contributed by atoms with Crippen molar-refractivity contribution < 1.29 is 4.79 Å². The number of allylic oxidation sites excluding steroid dienone is 2. The van der Waals surface area contributed by atoms with Crippen LogP contribution in [0.3, 0.4) is 0 Å². The molecule has 0 aromatic heterocycles. The number of nitrogens with zero attached hydrogens (tertiary/aromatic N) is 1. The number of rotatable bonds is 7. The van der Waals surface area contributed by atoms with E-state index in [0.29, 0.717) is 24.3 Å². The quantitative estimate of drug-likeness (QED) is 0.180. The van der Waals surface area contributed by atoms with Crippen molar-refractivity contribution in [3.05, 3.63) is 108 Å². The van der Waals surface area contributed by atoms with Crippen LogP contribution in [-0.4, -0.2) is 17.4 Å². The van der Waals surface area contributed by atoms with E-state index in [1.807, 2.05) is 25.1 Å². The number of carbonyl (C=O) groups is 1. The van der Waals surface area contributed by atoms with Gasteiger partial charge in [-0.15, -0.1) is 11.8 Å². The zero-order chi connectivity index (χ0) is 23.3. The van der Waals surface area contributed by atoms with Crippen LogP contribution in [0.15, 0.2) is 101 Å². The van der Waals surface area contributed by atoms with Crippen molar-refractivity contribution in [2.45, 2.75) is 36.6 Å². The third kappa shape index (κ3) is 4.95. The predicted octanol–water partition coefficient (Wildman–Crippen LogP) is 6.54. The van der Waals surface area contributed by atoms with Gasteiger partial charge in [0.15, 0.2) is 0 Å². The fourth-order valence-corrected chi connectivity index (χ4v) is 5.73. The van der Waals surface area contributed by atoms with Crippen molar-refractivity contribution in [2.75, 3.05) is 11.1 Å². The number of nitrogens with one attached hydrogen (secondary N) is 2. The lowest BCUT2D eigenvalue weighted by molar-refractivity contribution is -0.120. The molecule has 5 rings (SSSR count). The lowest BCUT2D eigenvalue weighted by atomic mass is 9.76. The number of amides is 1.